The van der Waals surface area contributed by atoms with Crippen molar-refractivity contribution in [3.63, 3.8) is 0 Å². The minimum atomic E-state index is -0.0593. The molecule has 2 aromatic heterocycles. The van der Waals surface area contributed by atoms with Crippen LogP contribution in [0.2, 0.25) is 5.02 Å². The van der Waals surface area contributed by atoms with Gasteiger partial charge in [0.2, 0.25) is 0 Å². The summed E-state index contributed by atoms with van der Waals surface area (Å²) < 4.78 is 12.7. The number of fused-ring (bicyclic) bond motifs is 2. The number of allylic oxidation sites excluding steroid dienone is 1. The van der Waals surface area contributed by atoms with Crippen LogP contribution < -0.4 is 15.0 Å². The highest BCUT2D eigenvalue weighted by molar-refractivity contribution is 6.30. The van der Waals surface area contributed by atoms with E-state index < -0.39 is 0 Å². The van der Waals surface area contributed by atoms with Crippen molar-refractivity contribution in [3.05, 3.63) is 68.7 Å². The minimum absolute atomic E-state index is 0.0593. The number of rotatable bonds is 4. The van der Waals surface area contributed by atoms with Gasteiger partial charge in [0.1, 0.15) is 5.65 Å². The van der Waals surface area contributed by atoms with Crippen LogP contribution in [-0.2, 0) is 6.42 Å². The van der Waals surface area contributed by atoms with Crippen molar-refractivity contribution in [1.82, 2.24) is 9.38 Å². The summed E-state index contributed by atoms with van der Waals surface area (Å²) in [4.78, 5) is 17.5. The summed E-state index contributed by atoms with van der Waals surface area (Å²) >= 11 is 6.03. The van der Waals surface area contributed by atoms with E-state index in [0.29, 0.717) is 35.2 Å². The van der Waals surface area contributed by atoms with Crippen LogP contribution in [0.4, 0.5) is 0 Å². The molecule has 138 valence electrons. The molecule has 0 radical (unpaired) electrons. The molecule has 1 aromatic carbocycles. The average molecular weight is 383 g/mol. The van der Waals surface area contributed by atoms with E-state index >= 15 is 0 Å². The fourth-order valence-corrected chi connectivity index (χ4v) is 3.64. The number of benzene rings is 1. The normalized spacial score (nSPS) is 14.6. The third-order valence-corrected chi connectivity index (χ3v) is 4.90. The Balaban J connectivity index is 1.86. The number of pyridine rings is 1. The Hall–Kier alpha value is -2.79. The first-order chi connectivity index (χ1) is 13.1. The van der Waals surface area contributed by atoms with Crippen molar-refractivity contribution in [2.75, 3.05) is 13.7 Å². The number of nitrogens with zero attached hydrogens (tertiary/aromatic N) is 2. The Bertz CT molecular complexity index is 1120. The topological polar surface area (TPSA) is 52.8 Å². The van der Waals surface area contributed by atoms with Crippen LogP contribution in [0, 0.1) is 0 Å². The number of aromatic nitrogens is 2. The molecule has 6 heteroatoms. The van der Waals surface area contributed by atoms with Crippen molar-refractivity contribution in [1.29, 1.82) is 0 Å². The monoisotopic (exact) mass is 382 g/mol. The van der Waals surface area contributed by atoms with Crippen LogP contribution in [0.3, 0.4) is 0 Å². The molecule has 0 bridgehead atoms. The van der Waals surface area contributed by atoms with Crippen LogP contribution in [0.15, 0.2) is 41.3 Å². The lowest BCUT2D eigenvalue weighted by Crippen LogP contribution is -2.19. The maximum atomic E-state index is 12.8. The third kappa shape index (κ3) is 3.08. The molecule has 3 aromatic rings. The lowest BCUT2D eigenvalue weighted by atomic mass is 10.1. The zero-order chi connectivity index (χ0) is 19.0. The van der Waals surface area contributed by atoms with Gasteiger partial charge in [-0.05, 0) is 49.6 Å². The van der Waals surface area contributed by atoms with E-state index in [4.69, 9.17) is 26.1 Å². The van der Waals surface area contributed by atoms with Gasteiger partial charge in [-0.25, -0.2) is 4.98 Å². The molecule has 0 unspecified atom stereocenters. The largest absolute Gasteiger partial charge is 0.492 e. The summed E-state index contributed by atoms with van der Waals surface area (Å²) in [7, 11) is 1.63. The van der Waals surface area contributed by atoms with Gasteiger partial charge in [-0.1, -0.05) is 23.7 Å². The van der Waals surface area contributed by atoms with Crippen LogP contribution in [0.1, 0.15) is 30.2 Å². The summed E-state index contributed by atoms with van der Waals surface area (Å²) in [5.74, 6) is 1.39. The Kier molecular flexibility index (Phi) is 4.62. The van der Waals surface area contributed by atoms with Crippen LogP contribution in [-0.4, -0.2) is 23.1 Å². The molecule has 5 nitrogen and oxygen atoms in total. The first kappa shape index (κ1) is 17.6. The zero-order valence-corrected chi connectivity index (χ0v) is 15.9. The molecule has 2 heterocycles. The second kappa shape index (κ2) is 7.08. The van der Waals surface area contributed by atoms with E-state index in [2.05, 4.69) is 0 Å². The van der Waals surface area contributed by atoms with E-state index in [9.17, 15) is 4.79 Å². The van der Waals surface area contributed by atoms with Crippen LogP contribution in [0.5, 0.6) is 11.5 Å². The Morgan fingerprint density at radius 1 is 1.26 bits per heavy atom. The molecule has 1 aliphatic rings. The molecule has 0 aliphatic heterocycles. The summed E-state index contributed by atoms with van der Waals surface area (Å²) in [5.41, 5.74) is 3.94. The average Bonchev–Trinajstić information content (AvgIpc) is 3.06. The highest BCUT2D eigenvalue weighted by atomic mass is 35.5. The summed E-state index contributed by atoms with van der Waals surface area (Å²) in [5, 5.41) is 0.512. The third-order valence-electron chi connectivity index (χ3n) is 4.67. The number of halogens is 1. The van der Waals surface area contributed by atoms with Gasteiger partial charge in [0.25, 0.3) is 5.56 Å². The van der Waals surface area contributed by atoms with E-state index in [1.165, 1.54) is 4.40 Å². The quantitative estimate of drug-likeness (QED) is 0.677. The first-order valence-electron chi connectivity index (χ1n) is 8.84. The van der Waals surface area contributed by atoms with Gasteiger partial charge in [-0.2, -0.15) is 0 Å². The Morgan fingerprint density at radius 3 is 2.89 bits per heavy atom. The fourth-order valence-electron chi connectivity index (χ4n) is 3.48. The molecule has 0 fully saturated rings. The molecule has 0 spiro atoms. The van der Waals surface area contributed by atoms with E-state index in [1.807, 2.05) is 31.2 Å². The van der Waals surface area contributed by atoms with Gasteiger partial charge in [-0.3, -0.25) is 9.20 Å². The molecule has 1 aliphatic carbocycles. The van der Waals surface area contributed by atoms with Gasteiger partial charge in [0, 0.05) is 17.3 Å². The second-order valence-electron chi connectivity index (χ2n) is 6.30. The van der Waals surface area contributed by atoms with E-state index in [-0.39, 0.29) is 5.56 Å². The molecular weight excluding hydrogens is 364 g/mol. The number of ether oxygens (including phenoxy) is 2. The van der Waals surface area contributed by atoms with E-state index in [1.54, 1.807) is 25.4 Å². The van der Waals surface area contributed by atoms with Crippen molar-refractivity contribution in [2.24, 2.45) is 0 Å². The molecule has 0 N–H and O–H groups in total. The summed E-state index contributed by atoms with van der Waals surface area (Å²) in [6, 6.07) is 9.29. The first-order valence-corrected chi connectivity index (χ1v) is 9.21. The van der Waals surface area contributed by atoms with Crippen LogP contribution >= 0.6 is 11.6 Å². The lowest BCUT2D eigenvalue weighted by Gasteiger charge is -2.12. The highest BCUT2D eigenvalue weighted by Gasteiger charge is 2.23. The Morgan fingerprint density at radius 2 is 2.11 bits per heavy atom. The Labute approximate surface area is 161 Å². The predicted molar refractivity (Wildman–Crippen MR) is 107 cm³/mol. The van der Waals surface area contributed by atoms with Crippen molar-refractivity contribution in [2.45, 2.75) is 19.8 Å². The SMILES string of the molecule is CCOc1cccc(/C=C2\CCc3c2nc2ccc(Cl)cn2c3=O)c1OC. The molecule has 0 saturated carbocycles. The molecule has 27 heavy (non-hydrogen) atoms. The standard InChI is InChI=1S/C21H19ClN2O3/c1-3-27-17-6-4-5-14(20(17)26-2)11-13-7-9-16-19(13)23-18-10-8-15(22)12-24(18)21(16)25/h4-6,8,10-12H,3,7,9H2,1-2H3/b13-11+. The minimum Gasteiger partial charge on any atom is -0.492 e. The van der Waals surface area contributed by atoms with E-state index in [0.717, 1.165) is 28.8 Å². The van der Waals surface area contributed by atoms with Gasteiger partial charge >= 0.3 is 0 Å². The van der Waals surface area contributed by atoms with Gasteiger partial charge in [-0.15, -0.1) is 0 Å². The molecule has 0 atom stereocenters. The predicted octanol–water partition coefficient (Wildman–Crippen LogP) is 4.24. The summed E-state index contributed by atoms with van der Waals surface area (Å²) in [6.07, 6.45) is 5.06. The molecule has 0 amide bonds. The molecule has 4 rings (SSSR count). The smallest absolute Gasteiger partial charge is 0.261 e. The van der Waals surface area contributed by atoms with Crippen molar-refractivity contribution >= 4 is 28.9 Å². The van der Waals surface area contributed by atoms with Crippen molar-refractivity contribution in [3.8, 4) is 11.5 Å². The van der Waals surface area contributed by atoms with Gasteiger partial charge < -0.3 is 9.47 Å². The summed E-state index contributed by atoms with van der Waals surface area (Å²) in [6.45, 7) is 2.50. The second-order valence-corrected chi connectivity index (χ2v) is 6.74. The van der Waals surface area contributed by atoms with Crippen molar-refractivity contribution < 1.29 is 9.47 Å². The van der Waals surface area contributed by atoms with Gasteiger partial charge in [0.15, 0.2) is 11.5 Å². The van der Waals surface area contributed by atoms with Crippen LogP contribution in [0.25, 0.3) is 17.3 Å². The number of hydrogen-bond donors (Lipinski definition) is 0. The lowest BCUT2D eigenvalue weighted by molar-refractivity contribution is 0.310. The zero-order valence-electron chi connectivity index (χ0n) is 15.2. The molecular formula is C21H19ClN2O3. The number of methoxy groups -OCH3 is 1. The number of para-hydroxylation sites is 1. The maximum absolute atomic E-state index is 12.8. The number of hydrogen-bond acceptors (Lipinski definition) is 4. The maximum Gasteiger partial charge on any atom is 0.261 e. The van der Waals surface area contributed by atoms with Gasteiger partial charge in [0.05, 0.1) is 24.4 Å². The fraction of sp³-hybridized carbons (Fsp3) is 0.238. The highest BCUT2D eigenvalue weighted by Crippen LogP contribution is 2.36. The molecule has 0 saturated heterocycles.